The summed E-state index contributed by atoms with van der Waals surface area (Å²) in [6.07, 6.45) is 3.26. The van der Waals surface area contributed by atoms with Crippen LogP contribution in [0, 0.1) is 5.82 Å². The first-order chi connectivity index (χ1) is 11.1. The highest BCUT2D eigenvalue weighted by Crippen LogP contribution is 2.12. The maximum absolute atomic E-state index is 12.9. The number of aliphatic hydroxyl groups is 1. The topological polar surface area (TPSA) is 61.6 Å². The van der Waals surface area contributed by atoms with Crippen molar-refractivity contribution in [1.82, 2.24) is 15.2 Å². The van der Waals surface area contributed by atoms with E-state index in [9.17, 15) is 9.50 Å². The van der Waals surface area contributed by atoms with Crippen LogP contribution in [0.1, 0.15) is 24.2 Å². The summed E-state index contributed by atoms with van der Waals surface area (Å²) in [5.41, 5.74) is 1.78. The second-order valence-electron chi connectivity index (χ2n) is 5.33. The normalized spacial score (nSPS) is 13.0. The molecule has 0 fully saturated rings. The molecule has 0 aliphatic carbocycles. The van der Waals surface area contributed by atoms with Gasteiger partial charge in [0, 0.05) is 32.5 Å². The van der Waals surface area contributed by atoms with Gasteiger partial charge in [0.1, 0.15) is 5.82 Å². The Balaban J connectivity index is 1.91. The molecule has 1 aromatic carbocycles. The number of halogens is 1. The molecule has 0 saturated heterocycles. The van der Waals surface area contributed by atoms with Crippen LogP contribution in [0.4, 0.5) is 4.39 Å². The average molecular weight is 318 g/mol. The summed E-state index contributed by atoms with van der Waals surface area (Å²) >= 11 is 0. The second kappa shape index (κ2) is 8.33. The van der Waals surface area contributed by atoms with Crippen molar-refractivity contribution in [3.63, 3.8) is 0 Å². The largest absolute Gasteiger partial charge is 0.387 e. The third kappa shape index (κ3) is 5.41. The number of aliphatic hydroxyl groups excluding tert-OH is 1. The summed E-state index contributed by atoms with van der Waals surface area (Å²) in [7, 11) is 1.97. The Kier molecular flexibility index (Phi) is 6.17. The zero-order valence-electron chi connectivity index (χ0n) is 13.5. The number of benzene rings is 1. The van der Waals surface area contributed by atoms with E-state index in [4.69, 9.17) is 0 Å². The van der Waals surface area contributed by atoms with Gasteiger partial charge >= 0.3 is 0 Å². The minimum Gasteiger partial charge on any atom is -0.387 e. The summed E-state index contributed by atoms with van der Waals surface area (Å²) in [5.74, 6) is 0.323. The molecule has 23 heavy (non-hydrogen) atoms. The molecule has 1 aromatic heterocycles. The lowest BCUT2D eigenvalue weighted by molar-refractivity contribution is 0.180. The molecule has 2 rings (SSSR count). The fraction of sp³-hybridized carbons (Fsp3) is 0.353. The number of aryl methyl sites for hydroxylation is 1. The molecule has 1 unspecified atom stereocenters. The minimum absolute atomic E-state index is 0.298. The number of hydrogen-bond acceptors (Lipinski definition) is 2. The molecule has 1 heterocycles. The molecule has 5 nitrogen and oxygen atoms in total. The van der Waals surface area contributed by atoms with Gasteiger partial charge in [0.05, 0.1) is 12.6 Å². The molecule has 124 valence electrons. The summed E-state index contributed by atoms with van der Waals surface area (Å²) in [6.45, 7) is 3.57. The molecule has 6 heteroatoms. The molecule has 1 atom stereocenters. The lowest BCUT2D eigenvalue weighted by Gasteiger charge is -2.15. The first-order valence-corrected chi connectivity index (χ1v) is 7.65. The number of nitrogens with zero attached hydrogens (tertiary/aromatic N) is 2. The van der Waals surface area contributed by atoms with Crippen LogP contribution in [0.15, 0.2) is 47.7 Å². The van der Waals surface area contributed by atoms with E-state index in [2.05, 4.69) is 15.6 Å². The van der Waals surface area contributed by atoms with Crippen LogP contribution in [0.2, 0.25) is 0 Å². The van der Waals surface area contributed by atoms with Crippen molar-refractivity contribution in [3.05, 3.63) is 59.7 Å². The Morgan fingerprint density at radius 3 is 2.61 bits per heavy atom. The summed E-state index contributed by atoms with van der Waals surface area (Å²) < 4.78 is 14.9. The zero-order chi connectivity index (χ0) is 16.7. The van der Waals surface area contributed by atoms with E-state index in [0.29, 0.717) is 24.6 Å². The molecule has 0 aliphatic heterocycles. The zero-order valence-corrected chi connectivity index (χ0v) is 13.5. The monoisotopic (exact) mass is 318 g/mol. The van der Waals surface area contributed by atoms with Gasteiger partial charge < -0.3 is 20.3 Å². The molecule has 0 spiro atoms. The fourth-order valence-electron chi connectivity index (χ4n) is 2.16. The molecule has 2 aromatic rings. The van der Waals surface area contributed by atoms with Crippen LogP contribution in [0.5, 0.6) is 0 Å². The lowest BCUT2D eigenvalue weighted by Crippen LogP contribution is -2.39. The van der Waals surface area contributed by atoms with Gasteiger partial charge in [0.25, 0.3) is 0 Å². The SMILES string of the molecule is CCNC(=NCc1ccn(C)c1)NCC(O)c1ccc(F)cc1. The van der Waals surface area contributed by atoms with Crippen molar-refractivity contribution in [1.29, 1.82) is 0 Å². The quantitative estimate of drug-likeness (QED) is 0.563. The van der Waals surface area contributed by atoms with E-state index in [1.54, 1.807) is 12.1 Å². The number of aromatic nitrogens is 1. The molecular weight excluding hydrogens is 295 g/mol. The summed E-state index contributed by atoms with van der Waals surface area (Å²) in [5, 5.41) is 16.4. The highest BCUT2D eigenvalue weighted by Gasteiger charge is 2.08. The van der Waals surface area contributed by atoms with Crippen molar-refractivity contribution in [2.45, 2.75) is 19.6 Å². The smallest absolute Gasteiger partial charge is 0.191 e. The summed E-state index contributed by atoms with van der Waals surface area (Å²) in [4.78, 5) is 4.49. The summed E-state index contributed by atoms with van der Waals surface area (Å²) in [6, 6.07) is 7.85. The van der Waals surface area contributed by atoms with Gasteiger partial charge in [-0.25, -0.2) is 9.38 Å². The Morgan fingerprint density at radius 2 is 2.00 bits per heavy atom. The number of aliphatic imine (C=N–C) groups is 1. The minimum atomic E-state index is -0.726. The van der Waals surface area contributed by atoms with Crippen LogP contribution in [0.3, 0.4) is 0 Å². The van der Waals surface area contributed by atoms with Crippen LogP contribution in [-0.2, 0) is 13.6 Å². The molecule has 0 bridgehead atoms. The van der Waals surface area contributed by atoms with E-state index in [1.165, 1.54) is 12.1 Å². The lowest BCUT2D eigenvalue weighted by atomic mass is 10.1. The number of hydrogen-bond donors (Lipinski definition) is 3. The first kappa shape index (κ1) is 17.0. The van der Waals surface area contributed by atoms with Crippen molar-refractivity contribution in [2.24, 2.45) is 12.0 Å². The van der Waals surface area contributed by atoms with Gasteiger partial charge in [0.15, 0.2) is 5.96 Å². The molecule has 3 N–H and O–H groups in total. The van der Waals surface area contributed by atoms with E-state index in [1.807, 2.05) is 37.0 Å². The fourth-order valence-corrected chi connectivity index (χ4v) is 2.16. The van der Waals surface area contributed by atoms with Crippen LogP contribution >= 0.6 is 0 Å². The Hall–Kier alpha value is -2.34. The Bertz CT molecular complexity index is 636. The Labute approximate surface area is 135 Å². The van der Waals surface area contributed by atoms with Gasteiger partial charge in [-0.3, -0.25) is 0 Å². The molecule has 0 saturated carbocycles. The third-order valence-corrected chi connectivity index (χ3v) is 3.37. The van der Waals surface area contributed by atoms with Gasteiger partial charge in [-0.1, -0.05) is 12.1 Å². The number of nitrogens with one attached hydrogen (secondary N) is 2. The predicted molar refractivity (Wildman–Crippen MR) is 89.6 cm³/mol. The van der Waals surface area contributed by atoms with Gasteiger partial charge in [-0.2, -0.15) is 0 Å². The maximum Gasteiger partial charge on any atom is 0.191 e. The molecule has 0 aliphatic rings. The standard InChI is InChI=1S/C17H23FN4O/c1-3-19-17(20-10-13-8-9-22(2)12-13)21-11-16(23)14-4-6-15(18)7-5-14/h4-9,12,16,23H,3,10-11H2,1-2H3,(H2,19,20,21). The van der Waals surface area contributed by atoms with Gasteiger partial charge in [-0.05, 0) is 36.2 Å². The molecular formula is C17H23FN4O. The highest BCUT2D eigenvalue weighted by molar-refractivity contribution is 5.79. The van der Waals surface area contributed by atoms with Crippen LogP contribution in [-0.4, -0.2) is 28.7 Å². The van der Waals surface area contributed by atoms with E-state index >= 15 is 0 Å². The van der Waals surface area contributed by atoms with E-state index in [0.717, 1.165) is 12.1 Å². The van der Waals surface area contributed by atoms with Crippen molar-refractivity contribution >= 4 is 5.96 Å². The molecule has 0 amide bonds. The number of rotatable bonds is 6. The van der Waals surface area contributed by atoms with Crippen molar-refractivity contribution in [2.75, 3.05) is 13.1 Å². The average Bonchev–Trinajstić information content (AvgIpc) is 2.96. The van der Waals surface area contributed by atoms with Gasteiger partial charge in [0.2, 0.25) is 0 Å². The highest BCUT2D eigenvalue weighted by atomic mass is 19.1. The molecule has 0 radical (unpaired) electrons. The van der Waals surface area contributed by atoms with E-state index < -0.39 is 6.10 Å². The van der Waals surface area contributed by atoms with E-state index in [-0.39, 0.29) is 5.82 Å². The van der Waals surface area contributed by atoms with Gasteiger partial charge in [-0.15, -0.1) is 0 Å². The van der Waals surface area contributed by atoms with Crippen molar-refractivity contribution in [3.8, 4) is 0 Å². The third-order valence-electron chi connectivity index (χ3n) is 3.37. The maximum atomic E-state index is 12.9. The predicted octanol–water partition coefficient (Wildman–Crippen LogP) is 1.95. The second-order valence-corrected chi connectivity index (χ2v) is 5.33. The number of guanidine groups is 1. The Morgan fingerprint density at radius 1 is 1.26 bits per heavy atom. The first-order valence-electron chi connectivity index (χ1n) is 7.65. The van der Waals surface area contributed by atoms with Crippen LogP contribution < -0.4 is 10.6 Å². The van der Waals surface area contributed by atoms with Crippen LogP contribution in [0.25, 0.3) is 0 Å². The van der Waals surface area contributed by atoms with Crippen molar-refractivity contribution < 1.29 is 9.50 Å².